The fraction of sp³-hybridized carbons (Fsp3) is 0.542. The van der Waals surface area contributed by atoms with Gasteiger partial charge < -0.3 is 40.9 Å². The Hall–Kier alpha value is -5.65. The minimum Gasteiger partial charge on any atom is -0.391 e. The zero-order valence-corrected chi connectivity index (χ0v) is 37.8. The van der Waals surface area contributed by atoms with Crippen molar-refractivity contribution in [3.63, 3.8) is 0 Å². The van der Waals surface area contributed by atoms with E-state index in [-0.39, 0.29) is 29.4 Å². The molecule has 4 amide bonds. The maximum atomic E-state index is 13.8. The van der Waals surface area contributed by atoms with Crippen LogP contribution < -0.4 is 20.9 Å². The van der Waals surface area contributed by atoms with Gasteiger partial charge in [0.15, 0.2) is 0 Å². The average Bonchev–Trinajstić information content (AvgIpc) is 4.02. The number of hydrogen-bond acceptors (Lipinski definition) is 11. The summed E-state index contributed by atoms with van der Waals surface area (Å²) in [4.78, 5) is 69.1. The van der Waals surface area contributed by atoms with Crippen LogP contribution >= 0.6 is 0 Å². The quantitative estimate of drug-likeness (QED) is 0.106. The first-order chi connectivity index (χ1) is 31.1. The van der Waals surface area contributed by atoms with Crippen molar-refractivity contribution in [2.45, 2.75) is 103 Å². The first kappa shape index (κ1) is 45.9. The number of imidazole rings is 1. The third kappa shape index (κ3) is 10.7. The highest BCUT2D eigenvalue weighted by molar-refractivity contribution is 6.06. The van der Waals surface area contributed by atoms with Crippen molar-refractivity contribution in [1.82, 2.24) is 39.7 Å². The largest absolute Gasteiger partial charge is 0.391 e. The Kier molecular flexibility index (Phi) is 13.7. The molecule has 0 saturated carbocycles. The number of unbranched alkanes of at least 4 members (excludes halogenated alkanes) is 3. The summed E-state index contributed by atoms with van der Waals surface area (Å²) in [5.41, 5.74) is 3.80. The number of likely N-dealkylation sites (tertiary alicyclic amines) is 1. The zero-order chi connectivity index (χ0) is 45.9. The maximum absolute atomic E-state index is 13.8. The van der Waals surface area contributed by atoms with Gasteiger partial charge in [-0.3, -0.25) is 28.5 Å². The standard InChI is InChI=1S/C48H63FN10O6/c1-47(2,3)44(46(64)58-18-15-34(60)30-58)54-41(61)8-6-4-5-7-9-42(62)57-24-22-55(23-25-57)31-48(65)16-20-56(21-17-48)33-10-13-39(50-27-33)53-37-12-11-35(36-28-52-45(63)43(36)37)38-29-51-40-26-32(49)14-19-59(38)40/h10-14,19,26-27,29,34,44,60,65H,4-9,15-18,20-25,28,30-31H2,1-3H3,(H,50,53)(H,52,63)(H,54,61). The van der Waals surface area contributed by atoms with E-state index in [1.807, 2.05) is 60.5 Å². The molecule has 3 aromatic heterocycles. The molecule has 8 rings (SSSR count). The summed E-state index contributed by atoms with van der Waals surface area (Å²) >= 11 is 0. The third-order valence-electron chi connectivity index (χ3n) is 13.5. The van der Waals surface area contributed by atoms with Crippen molar-refractivity contribution in [2.24, 2.45) is 5.41 Å². The number of hydrogen-bond donors (Lipinski definition) is 5. The van der Waals surface area contributed by atoms with E-state index in [0.29, 0.717) is 114 Å². The molecule has 0 radical (unpaired) electrons. The summed E-state index contributed by atoms with van der Waals surface area (Å²) in [6.07, 6.45) is 10.3. The topological polar surface area (TPSA) is 188 Å². The van der Waals surface area contributed by atoms with Crippen LogP contribution in [-0.4, -0.2) is 140 Å². The molecule has 4 aliphatic heterocycles. The van der Waals surface area contributed by atoms with E-state index in [9.17, 15) is 33.8 Å². The van der Waals surface area contributed by atoms with Crippen LogP contribution in [0.15, 0.2) is 55.0 Å². The Morgan fingerprint density at radius 2 is 1.68 bits per heavy atom. The zero-order valence-electron chi connectivity index (χ0n) is 37.8. The molecule has 348 valence electrons. The summed E-state index contributed by atoms with van der Waals surface area (Å²) in [5.74, 6) is -0.0936. The highest BCUT2D eigenvalue weighted by Gasteiger charge is 2.38. The molecule has 3 saturated heterocycles. The van der Waals surface area contributed by atoms with E-state index >= 15 is 0 Å². The number of piperidine rings is 1. The molecular weight excluding hydrogens is 832 g/mol. The lowest BCUT2D eigenvalue weighted by molar-refractivity contribution is -0.138. The molecule has 0 aliphatic carbocycles. The van der Waals surface area contributed by atoms with Crippen molar-refractivity contribution in [1.29, 1.82) is 0 Å². The van der Waals surface area contributed by atoms with Crippen LogP contribution in [0.2, 0.25) is 0 Å². The molecule has 16 nitrogen and oxygen atoms in total. The smallest absolute Gasteiger partial charge is 0.254 e. The number of pyridine rings is 2. The maximum Gasteiger partial charge on any atom is 0.254 e. The molecule has 0 bridgehead atoms. The summed E-state index contributed by atoms with van der Waals surface area (Å²) in [7, 11) is 0. The predicted molar refractivity (Wildman–Crippen MR) is 245 cm³/mol. The van der Waals surface area contributed by atoms with Crippen LogP contribution in [0.1, 0.15) is 94.5 Å². The van der Waals surface area contributed by atoms with Crippen LogP contribution in [0, 0.1) is 11.2 Å². The van der Waals surface area contributed by atoms with E-state index in [1.165, 1.54) is 12.1 Å². The molecule has 3 fully saturated rings. The van der Waals surface area contributed by atoms with Gasteiger partial charge in [-0.05, 0) is 67.3 Å². The van der Waals surface area contributed by atoms with E-state index in [4.69, 9.17) is 0 Å². The van der Waals surface area contributed by atoms with Gasteiger partial charge in [0, 0.05) is 96.1 Å². The van der Waals surface area contributed by atoms with Crippen LogP contribution in [0.3, 0.4) is 0 Å². The van der Waals surface area contributed by atoms with Crippen molar-refractivity contribution in [3.05, 3.63) is 71.9 Å². The first-order valence-electron chi connectivity index (χ1n) is 23.2. The number of carbonyl (C=O) groups is 4. The molecule has 2 unspecified atom stereocenters. The number of rotatable bonds is 15. The van der Waals surface area contributed by atoms with Crippen molar-refractivity contribution in [2.75, 3.05) is 69.1 Å². The Bertz CT molecular complexity index is 2370. The fourth-order valence-electron chi connectivity index (χ4n) is 9.62. The van der Waals surface area contributed by atoms with Crippen LogP contribution in [0.25, 0.3) is 16.9 Å². The molecule has 7 heterocycles. The van der Waals surface area contributed by atoms with Crippen LogP contribution in [0.5, 0.6) is 0 Å². The molecule has 65 heavy (non-hydrogen) atoms. The number of amides is 4. The van der Waals surface area contributed by atoms with Crippen molar-refractivity contribution < 1.29 is 33.8 Å². The number of benzene rings is 1. The van der Waals surface area contributed by atoms with Gasteiger partial charge in [-0.1, -0.05) is 39.7 Å². The predicted octanol–water partition coefficient (Wildman–Crippen LogP) is 4.46. The minimum atomic E-state index is -0.818. The number of aromatic nitrogens is 3. The lowest BCUT2D eigenvalue weighted by Gasteiger charge is -2.43. The summed E-state index contributed by atoms with van der Waals surface area (Å²) in [6, 6.07) is 9.80. The van der Waals surface area contributed by atoms with Gasteiger partial charge >= 0.3 is 0 Å². The Morgan fingerprint density at radius 1 is 0.923 bits per heavy atom. The monoisotopic (exact) mass is 894 g/mol. The highest BCUT2D eigenvalue weighted by atomic mass is 19.1. The number of anilines is 3. The second-order valence-electron chi connectivity index (χ2n) is 19.3. The Balaban J connectivity index is 0.731. The van der Waals surface area contributed by atoms with Crippen molar-refractivity contribution in [3.8, 4) is 11.3 Å². The molecule has 2 atom stereocenters. The number of fused-ring (bicyclic) bond motifs is 2. The molecule has 4 aromatic rings. The van der Waals surface area contributed by atoms with Gasteiger partial charge in [-0.25, -0.2) is 14.4 Å². The lowest BCUT2D eigenvalue weighted by Crippen LogP contribution is -2.56. The van der Waals surface area contributed by atoms with Crippen LogP contribution in [-0.2, 0) is 20.9 Å². The van der Waals surface area contributed by atoms with E-state index in [1.54, 1.807) is 17.3 Å². The van der Waals surface area contributed by atoms with Gasteiger partial charge in [0.25, 0.3) is 5.91 Å². The lowest BCUT2D eigenvalue weighted by atomic mass is 9.85. The molecule has 1 aromatic carbocycles. The fourth-order valence-corrected chi connectivity index (χ4v) is 9.62. The van der Waals surface area contributed by atoms with Gasteiger partial charge in [0.1, 0.15) is 23.3 Å². The minimum absolute atomic E-state index is 0.142. The number of β-amino-alcohol motifs (C(OH)–C–C–N with tert-alkyl or cyclic N) is 2. The van der Waals surface area contributed by atoms with E-state index in [0.717, 1.165) is 54.9 Å². The highest BCUT2D eigenvalue weighted by Crippen LogP contribution is 2.36. The summed E-state index contributed by atoms with van der Waals surface area (Å²) < 4.78 is 15.6. The number of aliphatic hydroxyl groups is 2. The van der Waals surface area contributed by atoms with E-state index < -0.39 is 23.2 Å². The SMILES string of the molecule is CC(C)(C)C(NC(=O)CCCCCCC(=O)N1CCN(CC2(O)CCN(c3ccc(Nc4ccc(-c5cnc6cc(F)ccn56)c5c4C(=O)NC5)nc3)CC2)CC1)C(=O)N1CCC(O)C1. The molecule has 0 spiro atoms. The number of aliphatic hydroxyl groups excluding tert-OH is 1. The summed E-state index contributed by atoms with van der Waals surface area (Å²) in [6.45, 7) is 11.6. The summed E-state index contributed by atoms with van der Waals surface area (Å²) in [5, 5.41) is 30.7. The third-order valence-corrected chi connectivity index (χ3v) is 13.5. The average molecular weight is 895 g/mol. The van der Waals surface area contributed by atoms with Crippen molar-refractivity contribution >= 4 is 46.5 Å². The second kappa shape index (κ2) is 19.4. The van der Waals surface area contributed by atoms with Gasteiger partial charge in [0.2, 0.25) is 17.7 Å². The molecule has 4 aliphatic rings. The number of carbonyl (C=O) groups excluding carboxylic acids is 4. The van der Waals surface area contributed by atoms with Gasteiger partial charge in [-0.15, -0.1) is 0 Å². The van der Waals surface area contributed by atoms with Gasteiger partial charge in [-0.2, -0.15) is 0 Å². The number of nitrogens with one attached hydrogen (secondary N) is 3. The second-order valence-corrected chi connectivity index (χ2v) is 19.3. The number of nitrogens with zero attached hydrogens (tertiary/aromatic N) is 7. The number of piperazine rings is 1. The normalized spacial score (nSPS) is 19.3. The number of halogens is 1. The first-order valence-corrected chi connectivity index (χ1v) is 23.2. The Morgan fingerprint density at radius 3 is 2.37 bits per heavy atom. The molecule has 5 N–H and O–H groups in total. The molecular formula is C48H63FN10O6. The van der Waals surface area contributed by atoms with Gasteiger partial charge in [0.05, 0.1) is 46.7 Å². The Labute approximate surface area is 379 Å². The molecule has 17 heteroatoms. The van der Waals surface area contributed by atoms with E-state index in [2.05, 4.69) is 35.7 Å². The van der Waals surface area contributed by atoms with Crippen LogP contribution in [0.4, 0.5) is 21.6 Å².